The number of terminal acetylenes is 2. The van der Waals surface area contributed by atoms with E-state index in [1.807, 2.05) is 30.3 Å². The molecule has 0 unspecified atom stereocenters. The molecule has 0 saturated heterocycles. The van der Waals surface area contributed by atoms with Gasteiger partial charge < -0.3 is 61.3 Å². The Hall–Kier alpha value is -15.3. The number of thioether (sulfide) groups is 1. The summed E-state index contributed by atoms with van der Waals surface area (Å²) >= 11 is 3.11. The van der Waals surface area contributed by atoms with Crippen molar-refractivity contribution < 1.29 is 75.1 Å². The van der Waals surface area contributed by atoms with E-state index in [0.29, 0.717) is 41.3 Å². The van der Waals surface area contributed by atoms with Crippen LogP contribution in [0.2, 0.25) is 0 Å². The summed E-state index contributed by atoms with van der Waals surface area (Å²) in [6.07, 6.45) is 16.4. The lowest BCUT2D eigenvalue weighted by Gasteiger charge is -2.17. The van der Waals surface area contributed by atoms with Gasteiger partial charge in [-0.25, -0.2) is 4.98 Å². The monoisotopic (exact) mass is 1410 g/mol. The van der Waals surface area contributed by atoms with Crippen LogP contribution in [-0.2, 0) is 15.3 Å². The van der Waals surface area contributed by atoms with E-state index in [1.54, 1.807) is 73.7 Å². The van der Waals surface area contributed by atoms with E-state index in [-0.39, 0.29) is 61.8 Å². The highest BCUT2D eigenvalue weighted by atomic mass is 32.2. The number of carbonyl (C=O) groups excluding carboxylic acids is 2. The van der Waals surface area contributed by atoms with Crippen molar-refractivity contribution >= 4 is 92.4 Å². The van der Waals surface area contributed by atoms with Gasteiger partial charge in [-0.2, -0.15) is 36.8 Å². The number of nitro groups is 3. The molecule has 0 radical (unpaired) electrons. The molecular weight excluding hydrogens is 1360 g/mol. The molecule has 6 aromatic carbocycles. The molecule has 0 aliphatic carbocycles. The number of phenols is 9. The van der Waals surface area contributed by atoms with Crippen molar-refractivity contribution in [3.05, 3.63) is 194 Å². The fourth-order valence-electron chi connectivity index (χ4n) is 7.81. The minimum atomic E-state index is -0.870. The highest BCUT2D eigenvalue weighted by molar-refractivity contribution is 8.00. The van der Waals surface area contributed by atoms with Crippen LogP contribution in [0.25, 0.3) is 40.6 Å². The molecule has 7 rings (SSSR count). The van der Waals surface area contributed by atoms with E-state index in [1.165, 1.54) is 61.1 Å². The fraction of sp³-hybridized carbons (Fsp3) is 0.101. The third kappa shape index (κ3) is 22.7. The minimum Gasteiger partial charge on any atom is -0.504 e. The molecule has 0 bridgehead atoms. The van der Waals surface area contributed by atoms with Crippen LogP contribution in [0.1, 0.15) is 54.2 Å². The Bertz CT molecular complexity index is 4980. The third-order valence-electron chi connectivity index (χ3n) is 12.8. The number of aromatic hydroxyl groups is 9. The average molecular weight is 1410 g/mol. The summed E-state index contributed by atoms with van der Waals surface area (Å²) in [5.41, 5.74) is 5.70. The Morgan fingerprint density at radius 2 is 1.01 bits per heavy atom. The maximum absolute atomic E-state index is 12.1. The molecule has 31 nitrogen and oxygen atoms in total. The number of aromatic nitrogens is 1. The number of Topliss-reactive ketones (excluding diaryl/α,β-unsaturated/α-hetero) is 1. The molecule has 1 aromatic heterocycles. The Balaban J connectivity index is 0.000000336. The number of phenolic OH excluding ortho intramolecular Hbond substituents is 9. The number of nitro benzene ring substituents is 3. The number of thiazole rings is 1. The Labute approximate surface area is 586 Å². The number of rotatable bonds is 17. The number of likely N-dealkylation sites (N-methyl/N-ethyl adjacent to an activating group) is 1. The van der Waals surface area contributed by atoms with Crippen LogP contribution in [0, 0.1) is 134 Å². The van der Waals surface area contributed by atoms with Crippen molar-refractivity contribution in [1.82, 2.24) is 9.88 Å². The van der Waals surface area contributed by atoms with Crippen molar-refractivity contribution in [3.8, 4) is 125 Å². The molecule has 0 fully saturated rings. The summed E-state index contributed by atoms with van der Waals surface area (Å²) in [4.78, 5) is 58.9. The van der Waals surface area contributed by atoms with Gasteiger partial charge in [0.1, 0.15) is 59.2 Å². The first-order valence-electron chi connectivity index (χ1n) is 28.0. The van der Waals surface area contributed by atoms with E-state index in [0.717, 1.165) is 69.2 Å². The Morgan fingerprint density at radius 3 is 1.44 bits per heavy atom. The number of fused-ring (bicyclic) bond motifs is 1. The van der Waals surface area contributed by atoms with Gasteiger partial charge in [-0.3, -0.25) is 39.9 Å². The van der Waals surface area contributed by atoms with E-state index in [9.17, 15) is 85.9 Å². The molecule has 512 valence electrons. The highest BCUT2D eigenvalue weighted by Crippen LogP contribution is 2.41. The summed E-state index contributed by atoms with van der Waals surface area (Å²) in [5, 5.41) is 178. The number of methoxy groups -OCH3 is 1. The van der Waals surface area contributed by atoms with E-state index in [4.69, 9.17) is 60.2 Å². The van der Waals surface area contributed by atoms with Gasteiger partial charge in [0, 0.05) is 42.6 Å². The number of hydrogen-bond donors (Lipinski definition) is 10. The number of ketones is 1. The normalized spacial score (nSPS) is 10.6. The first-order chi connectivity index (χ1) is 48.4. The first-order valence-corrected chi connectivity index (χ1v) is 29.8. The number of nitrogens with two attached hydrogens (primary N) is 1. The zero-order chi connectivity index (χ0) is 76.7. The lowest BCUT2D eigenvalue weighted by atomic mass is 10.1. The fourth-order valence-corrected chi connectivity index (χ4v) is 9.85. The number of para-hydroxylation sites is 1. The van der Waals surface area contributed by atoms with Crippen molar-refractivity contribution in [2.24, 2.45) is 5.73 Å². The van der Waals surface area contributed by atoms with E-state index < -0.39 is 89.3 Å². The molecule has 0 saturated carbocycles. The minimum absolute atomic E-state index is 0.0459. The topological polar surface area (TPSA) is 564 Å². The van der Waals surface area contributed by atoms with Crippen LogP contribution in [0.15, 0.2) is 134 Å². The summed E-state index contributed by atoms with van der Waals surface area (Å²) in [7, 11) is 1.46. The van der Waals surface area contributed by atoms with Crippen LogP contribution in [0.3, 0.4) is 0 Å². The molecule has 1 heterocycles. The van der Waals surface area contributed by atoms with Crippen LogP contribution in [0.5, 0.6) is 57.5 Å². The largest absolute Gasteiger partial charge is 0.504 e. The van der Waals surface area contributed by atoms with Gasteiger partial charge in [-0.05, 0) is 140 Å². The average Bonchev–Trinajstić information content (AvgIpc) is 1.25. The zero-order valence-electron chi connectivity index (χ0n) is 53.3. The van der Waals surface area contributed by atoms with Gasteiger partial charge in [-0.1, -0.05) is 35.7 Å². The van der Waals surface area contributed by atoms with Crippen LogP contribution in [0.4, 0.5) is 17.1 Å². The molecule has 0 spiro atoms. The van der Waals surface area contributed by atoms with Crippen molar-refractivity contribution in [2.45, 2.75) is 30.9 Å². The molecule has 11 N–H and O–H groups in total. The number of ether oxygens (including phenoxy) is 1. The standard InChI is InChI=1S/C20H16N2O3S2.C14H15N3O5.C13H8N4O3.C11H6N2O4.C11H6N2O3/c1-12(23)14(10-21)7-13-8-15(19(24)17(9-13)25-2)11-26-20-22-16-5-3-4-6-18(16)27-20;1-3-16(4-2)14(20)10(8-15)5-9-6-11(17(21)22)13(19)12(18)7-9;14-4-8(12(17)9(5-15)6-16)1-7-2-10(18)13(20)11(19)3-7;1-2-7(6-12)3-8-4-9(13(16)17)11(15)10(14)5-8;1-2-8(7-12)5-9-3-4-10(13(15)16)11(14)6-9/h3-9,24H,11H2,1-2H3;5-7,18-19H,3-4H2,1-2H3;1-3,18-20H,17H2;1,3-5,14-15H;1,3-6,14H/b14-7+;10-5+;8-1+;7-3-;8-5-. The van der Waals surface area contributed by atoms with Gasteiger partial charge in [0.15, 0.2) is 61.7 Å². The molecule has 102 heavy (non-hydrogen) atoms. The lowest BCUT2D eigenvalue weighted by Crippen LogP contribution is -2.31. The maximum atomic E-state index is 12.1. The molecule has 0 aliphatic rings. The van der Waals surface area contributed by atoms with Crippen LogP contribution < -0.4 is 10.5 Å². The first kappa shape index (κ1) is 80.9. The van der Waals surface area contributed by atoms with Gasteiger partial charge in [0.05, 0.1) is 48.9 Å². The second kappa shape index (κ2) is 38.9. The summed E-state index contributed by atoms with van der Waals surface area (Å²) in [6, 6.07) is 33.1. The number of amides is 1. The molecule has 0 atom stereocenters. The van der Waals surface area contributed by atoms with Crippen molar-refractivity contribution in [2.75, 3.05) is 20.2 Å². The number of benzene rings is 6. The summed E-state index contributed by atoms with van der Waals surface area (Å²) < 4.78 is 7.24. The van der Waals surface area contributed by atoms with E-state index >= 15 is 0 Å². The quantitative estimate of drug-likeness (QED) is 0.00592. The van der Waals surface area contributed by atoms with E-state index in [2.05, 4.69) is 16.8 Å². The van der Waals surface area contributed by atoms with Gasteiger partial charge in [0.2, 0.25) is 11.5 Å². The number of allylic oxidation sites excluding steroid dienone is 5. The molecular formula is C69H51N13O18S2. The van der Waals surface area contributed by atoms with Crippen molar-refractivity contribution in [3.63, 3.8) is 0 Å². The second-order valence-electron chi connectivity index (χ2n) is 19.4. The maximum Gasteiger partial charge on any atom is 0.315 e. The lowest BCUT2D eigenvalue weighted by molar-refractivity contribution is -0.386. The van der Waals surface area contributed by atoms with Gasteiger partial charge in [-0.15, -0.1) is 24.2 Å². The van der Waals surface area contributed by atoms with Gasteiger partial charge in [0.25, 0.3) is 5.91 Å². The Kier molecular flexibility index (Phi) is 30.9. The van der Waals surface area contributed by atoms with Crippen LogP contribution in [-0.4, -0.2) is 103 Å². The predicted octanol–water partition coefficient (Wildman–Crippen LogP) is 10.9. The second-order valence-corrected chi connectivity index (χ2v) is 21.6. The molecule has 33 heteroatoms. The Morgan fingerprint density at radius 1 is 0.569 bits per heavy atom. The zero-order valence-corrected chi connectivity index (χ0v) is 54.9. The van der Waals surface area contributed by atoms with Crippen molar-refractivity contribution in [1.29, 1.82) is 36.8 Å². The van der Waals surface area contributed by atoms with Gasteiger partial charge >= 0.3 is 17.1 Å². The molecule has 7 aromatic rings. The SMILES string of the molecule is C#C/C(C#N)=C/c1cc(O)c(O)c([N+](=O)[O-])c1.C#C/C(C#N)=C/c1ccc([N+](=O)[O-])c(O)c1.CCN(CC)C(=O)/C(C#N)=C/c1cc(O)c(O)c([N+](=O)[O-])c1.COc1cc(/C=C(\C#N)C(C)=O)cc(CSc2nc3ccccc3s2)c1O.N#CC(C#N)=C(N)/C(C#N)=C/c1cc(O)c(O)c(O)c1. The smallest absolute Gasteiger partial charge is 0.315 e. The number of nitriles is 7. The number of carbonyl (C=O) groups is 2. The third-order valence-corrected chi connectivity index (χ3v) is 15.0. The predicted molar refractivity (Wildman–Crippen MR) is 370 cm³/mol. The summed E-state index contributed by atoms with van der Waals surface area (Å²) in [6.45, 7) is 5.68. The van der Waals surface area contributed by atoms with Crippen LogP contribution >= 0.6 is 23.1 Å². The summed E-state index contributed by atoms with van der Waals surface area (Å²) in [5.74, 6) is -1.17. The number of hydrogen-bond acceptors (Lipinski definition) is 29. The number of nitrogens with zero attached hydrogens (tertiary/aromatic N) is 12. The highest BCUT2D eigenvalue weighted by Gasteiger charge is 2.22. The molecule has 0 aliphatic heterocycles. The molecule has 1 amide bonds.